The van der Waals surface area contributed by atoms with E-state index in [4.69, 9.17) is 10.5 Å². The van der Waals surface area contributed by atoms with E-state index < -0.39 is 16.2 Å². The molecule has 3 aromatic carbocycles. The van der Waals surface area contributed by atoms with Crippen molar-refractivity contribution in [1.82, 2.24) is 5.43 Å². The molecular weight excluding hydrogens is 614 g/mol. The zero-order chi connectivity index (χ0) is 33.9. The van der Waals surface area contributed by atoms with Crippen molar-refractivity contribution < 1.29 is 27.6 Å². The number of ketones is 1. The summed E-state index contributed by atoms with van der Waals surface area (Å²) < 4.78 is 42.3. The molecule has 1 heterocycles. The molecule has 47 heavy (non-hydrogen) atoms. The van der Waals surface area contributed by atoms with E-state index in [0.29, 0.717) is 39.2 Å². The van der Waals surface area contributed by atoms with Crippen molar-refractivity contribution in [2.45, 2.75) is 77.0 Å². The molecule has 2 unspecified atom stereocenters. The average molecular weight is 658 g/mol. The number of phenolic OH excluding ortho intramolecular Hbond substituents is 1. The van der Waals surface area contributed by atoms with E-state index in [-0.39, 0.29) is 34.6 Å². The first kappa shape index (κ1) is 34.1. The van der Waals surface area contributed by atoms with Crippen molar-refractivity contribution in [3.8, 4) is 11.5 Å². The summed E-state index contributed by atoms with van der Waals surface area (Å²) in [7, 11) is -4.68. The van der Waals surface area contributed by atoms with E-state index in [1.807, 2.05) is 35.4 Å². The summed E-state index contributed by atoms with van der Waals surface area (Å²) in [6.45, 7) is 8.53. The number of fused-ring (bicyclic) bond motifs is 2. The van der Waals surface area contributed by atoms with Crippen LogP contribution in [0.2, 0.25) is 0 Å². The largest absolute Gasteiger partial charge is 0.508 e. The van der Waals surface area contributed by atoms with Gasteiger partial charge in [0.2, 0.25) is 0 Å². The van der Waals surface area contributed by atoms with E-state index in [1.54, 1.807) is 44.2 Å². The summed E-state index contributed by atoms with van der Waals surface area (Å²) in [6.07, 6.45) is 8.57. The van der Waals surface area contributed by atoms with Crippen molar-refractivity contribution in [2.75, 3.05) is 11.6 Å². The van der Waals surface area contributed by atoms with Crippen LogP contribution in [0.25, 0.3) is 17.7 Å². The third kappa shape index (κ3) is 7.52. The number of Topliss-reactive ketones (excluding diaryl/α,β-unsaturated/α-hetero) is 1. The van der Waals surface area contributed by atoms with Crippen LogP contribution < -0.4 is 20.9 Å². The minimum Gasteiger partial charge on any atom is -0.508 e. The summed E-state index contributed by atoms with van der Waals surface area (Å²) in [5, 5.41) is 12.4. The van der Waals surface area contributed by atoms with Gasteiger partial charge in [-0.3, -0.25) is 14.4 Å². The second kappa shape index (κ2) is 14.3. The maximum absolute atomic E-state index is 12.9. The zero-order valence-electron chi connectivity index (χ0n) is 27.3. The number of aromatic hydroxyl groups is 1. The standard InChI is InChI=1S/C37H43N3O6S/c1-5-7-17-39-40(36(38)8-6-2)27-14-11-25(12-15-27)9-10-26-13-16-28(35(20-26)47(43,44)45)37-29-18-23(3)31(41)21-33(29)46-34-22-32(42)24(4)19-30(34)37/h9-16,18-21,34,36,39,41H,5-8,17,22,38H2,1-4H3,(H,43,44,45)/b10-9-. The molecule has 5 rings (SSSR count). The first-order valence-electron chi connectivity index (χ1n) is 16.1. The Balaban J connectivity index is 1.52. The Hall–Kier alpha value is -4.22. The van der Waals surface area contributed by atoms with Crippen LogP contribution >= 0.6 is 0 Å². The van der Waals surface area contributed by atoms with Crippen molar-refractivity contribution in [2.24, 2.45) is 5.73 Å². The highest BCUT2D eigenvalue weighted by molar-refractivity contribution is 7.86. The van der Waals surface area contributed by atoms with Crippen LogP contribution in [0.15, 0.2) is 76.7 Å². The molecule has 0 radical (unpaired) electrons. The van der Waals surface area contributed by atoms with Crippen LogP contribution in [0.4, 0.5) is 5.69 Å². The highest BCUT2D eigenvalue weighted by Crippen LogP contribution is 2.46. The second-order valence-electron chi connectivity index (χ2n) is 12.2. The van der Waals surface area contributed by atoms with Crippen LogP contribution in [0.5, 0.6) is 11.5 Å². The van der Waals surface area contributed by atoms with Gasteiger partial charge < -0.3 is 15.6 Å². The minimum atomic E-state index is -4.68. The lowest BCUT2D eigenvalue weighted by molar-refractivity contribution is -0.117. The van der Waals surface area contributed by atoms with Crippen molar-refractivity contribution in [1.29, 1.82) is 0 Å². The van der Waals surface area contributed by atoms with E-state index in [2.05, 4.69) is 19.3 Å². The number of benzene rings is 3. The number of ether oxygens (including phenoxy) is 1. The monoisotopic (exact) mass is 657 g/mol. The predicted octanol–water partition coefficient (Wildman–Crippen LogP) is 6.80. The van der Waals surface area contributed by atoms with Crippen molar-refractivity contribution >= 4 is 39.3 Å². The van der Waals surface area contributed by atoms with E-state index >= 15 is 0 Å². The SMILES string of the molecule is CCCCNN(c1ccc(/C=C\c2ccc(C3=C4C=C(C)C(=O)CC4Oc4cc(O)c(C)cc43)c(S(=O)(=O)O)c2)cc1)C(N)CCC. The number of hydrogen-bond donors (Lipinski definition) is 4. The number of phenols is 1. The van der Waals surface area contributed by atoms with Crippen LogP contribution in [0.1, 0.15) is 80.7 Å². The fourth-order valence-corrected chi connectivity index (χ4v) is 6.70. The molecule has 10 heteroatoms. The summed E-state index contributed by atoms with van der Waals surface area (Å²) in [4.78, 5) is 12.3. The number of allylic oxidation sites excluding steroid dienone is 1. The molecule has 1 aliphatic heterocycles. The number of anilines is 1. The van der Waals surface area contributed by atoms with E-state index in [1.165, 1.54) is 12.1 Å². The smallest absolute Gasteiger partial charge is 0.295 e. The topological polar surface area (TPSA) is 142 Å². The number of hydrogen-bond acceptors (Lipinski definition) is 8. The Morgan fingerprint density at radius 3 is 2.40 bits per heavy atom. The van der Waals surface area contributed by atoms with Gasteiger partial charge in [0.1, 0.15) is 22.5 Å². The Labute approximate surface area is 277 Å². The van der Waals surface area contributed by atoms with Crippen LogP contribution in [0, 0.1) is 6.92 Å². The van der Waals surface area contributed by atoms with Gasteiger partial charge in [0.25, 0.3) is 10.1 Å². The lowest BCUT2D eigenvalue weighted by atomic mass is 9.81. The number of nitrogens with two attached hydrogens (primary N) is 1. The summed E-state index contributed by atoms with van der Waals surface area (Å²) >= 11 is 0. The molecule has 0 fully saturated rings. The lowest BCUT2D eigenvalue weighted by Crippen LogP contribution is -2.51. The number of aryl methyl sites for hydroxylation is 1. The molecule has 3 aromatic rings. The highest BCUT2D eigenvalue weighted by atomic mass is 32.2. The molecular formula is C37H43N3O6S. The Morgan fingerprint density at radius 2 is 1.72 bits per heavy atom. The highest BCUT2D eigenvalue weighted by Gasteiger charge is 2.35. The Morgan fingerprint density at radius 1 is 1.02 bits per heavy atom. The third-order valence-corrected chi connectivity index (χ3v) is 9.47. The molecule has 2 aliphatic rings. The predicted molar refractivity (Wildman–Crippen MR) is 187 cm³/mol. The molecule has 2 atom stereocenters. The van der Waals surface area contributed by atoms with Gasteiger partial charge in [0, 0.05) is 34.9 Å². The van der Waals surface area contributed by atoms with E-state index in [0.717, 1.165) is 43.5 Å². The maximum Gasteiger partial charge on any atom is 0.295 e. The Kier molecular flexibility index (Phi) is 10.4. The van der Waals surface area contributed by atoms with Crippen molar-refractivity contribution in [3.63, 3.8) is 0 Å². The van der Waals surface area contributed by atoms with Crippen LogP contribution in [-0.2, 0) is 14.9 Å². The summed E-state index contributed by atoms with van der Waals surface area (Å²) in [5.74, 6) is 0.278. The van der Waals surface area contributed by atoms with Gasteiger partial charge in [-0.15, -0.1) is 0 Å². The van der Waals surface area contributed by atoms with Gasteiger partial charge in [-0.1, -0.05) is 63.1 Å². The molecule has 0 bridgehead atoms. The van der Waals surface area contributed by atoms with Crippen LogP contribution in [0.3, 0.4) is 0 Å². The maximum atomic E-state index is 12.9. The number of carbonyl (C=O) groups is 1. The van der Waals surface area contributed by atoms with Gasteiger partial charge >= 0.3 is 0 Å². The quantitative estimate of drug-likeness (QED) is 0.0544. The number of unbranched alkanes of at least 4 members (excludes halogenated alkanes) is 1. The second-order valence-corrected chi connectivity index (χ2v) is 13.6. The molecule has 5 N–H and O–H groups in total. The molecule has 1 aliphatic carbocycles. The molecule has 0 spiro atoms. The fourth-order valence-electron chi connectivity index (χ4n) is 5.97. The molecule has 9 nitrogen and oxygen atoms in total. The molecule has 0 saturated carbocycles. The van der Waals surface area contributed by atoms with Crippen LogP contribution in [-0.4, -0.2) is 42.7 Å². The summed E-state index contributed by atoms with van der Waals surface area (Å²) in [5.41, 5.74) is 15.5. The Bertz CT molecular complexity index is 1860. The minimum absolute atomic E-state index is 0.0215. The molecule has 0 amide bonds. The third-order valence-electron chi connectivity index (χ3n) is 8.58. The van der Waals surface area contributed by atoms with Gasteiger partial charge in [-0.2, -0.15) is 8.42 Å². The van der Waals surface area contributed by atoms with Gasteiger partial charge in [0.15, 0.2) is 5.78 Å². The normalized spacial score (nSPS) is 16.9. The molecule has 248 valence electrons. The number of hydrazine groups is 1. The lowest BCUT2D eigenvalue weighted by Gasteiger charge is -2.33. The number of carbonyl (C=O) groups excluding carboxylic acids is 1. The van der Waals surface area contributed by atoms with Crippen molar-refractivity contribution in [3.05, 3.63) is 99.6 Å². The number of nitrogens with one attached hydrogen (secondary N) is 1. The first-order valence-corrected chi connectivity index (χ1v) is 17.5. The van der Waals surface area contributed by atoms with Gasteiger partial charge in [-0.25, -0.2) is 5.43 Å². The number of nitrogens with zero attached hydrogens (tertiary/aromatic N) is 1. The molecule has 0 aromatic heterocycles. The fraction of sp³-hybridized carbons (Fsp3) is 0.324. The number of rotatable bonds is 12. The average Bonchev–Trinajstić information content (AvgIpc) is 3.03. The molecule has 0 saturated heterocycles. The van der Waals surface area contributed by atoms with Gasteiger partial charge in [0.05, 0.1) is 18.3 Å². The summed E-state index contributed by atoms with van der Waals surface area (Å²) in [6, 6.07) is 16.0. The van der Waals surface area contributed by atoms with Gasteiger partial charge in [-0.05, 0) is 79.3 Å². The first-order chi connectivity index (χ1) is 22.4. The zero-order valence-corrected chi connectivity index (χ0v) is 28.1. The van der Waals surface area contributed by atoms with E-state index in [9.17, 15) is 22.9 Å².